The molecule has 0 bridgehead atoms. The van der Waals surface area contributed by atoms with Crippen molar-refractivity contribution in [3.8, 4) is 5.75 Å². The van der Waals surface area contributed by atoms with Gasteiger partial charge in [0.05, 0.1) is 24.2 Å². The normalized spacial score (nSPS) is 17.1. The van der Waals surface area contributed by atoms with Crippen molar-refractivity contribution in [2.75, 3.05) is 95.5 Å². The molecule has 3 heterocycles. The summed E-state index contributed by atoms with van der Waals surface area (Å²) in [4.78, 5) is 16.6. The highest BCUT2D eigenvalue weighted by molar-refractivity contribution is 7.70. The molecular weight excluding hydrogens is 597 g/mol. The third-order valence-corrected chi connectivity index (χ3v) is 10.1. The summed E-state index contributed by atoms with van der Waals surface area (Å²) in [6.07, 6.45) is 4.66. The van der Waals surface area contributed by atoms with E-state index in [2.05, 4.69) is 48.4 Å². The molecule has 0 unspecified atom stereocenters. The summed E-state index contributed by atoms with van der Waals surface area (Å²) in [5, 5.41) is 7.68. The number of anilines is 5. The van der Waals surface area contributed by atoms with E-state index in [9.17, 15) is 4.57 Å². The molecule has 1 aromatic heterocycles. The zero-order valence-corrected chi connectivity index (χ0v) is 27.9. The minimum atomic E-state index is -2.52. The number of hydrogen-bond acceptors (Lipinski definition) is 10. The summed E-state index contributed by atoms with van der Waals surface area (Å²) in [6, 6.07) is 14.3. The molecule has 238 valence electrons. The monoisotopic (exact) mass is 641 g/mol. The fourth-order valence-corrected chi connectivity index (χ4v) is 7.13. The van der Waals surface area contributed by atoms with Crippen LogP contribution in [0.15, 0.2) is 48.7 Å². The van der Waals surface area contributed by atoms with E-state index in [1.165, 1.54) is 0 Å². The van der Waals surface area contributed by atoms with Crippen LogP contribution in [0, 0.1) is 0 Å². The van der Waals surface area contributed by atoms with Crippen LogP contribution in [0.5, 0.6) is 5.75 Å². The molecule has 0 spiro atoms. The van der Waals surface area contributed by atoms with Gasteiger partial charge in [-0.05, 0) is 57.5 Å². The summed E-state index contributed by atoms with van der Waals surface area (Å²) in [7, 11) is 1.40. The summed E-state index contributed by atoms with van der Waals surface area (Å²) in [5.41, 5.74) is 2.62. The second-order valence-electron chi connectivity index (χ2n) is 11.9. The number of hydrogen-bond donors (Lipinski definition) is 2. The number of benzene rings is 2. The van der Waals surface area contributed by atoms with E-state index in [0.29, 0.717) is 41.7 Å². The number of nitrogens with zero attached hydrogens (tertiary/aromatic N) is 5. The van der Waals surface area contributed by atoms with Crippen molar-refractivity contribution in [3.05, 3.63) is 53.7 Å². The Labute approximate surface area is 266 Å². The number of ether oxygens (including phenoxy) is 2. The number of piperidine rings is 1. The topological polar surface area (TPSA) is 95.1 Å². The van der Waals surface area contributed by atoms with Crippen molar-refractivity contribution < 1.29 is 14.0 Å². The molecule has 5 rings (SSSR count). The zero-order chi connectivity index (χ0) is 31.1. The maximum absolute atomic E-state index is 12.9. The van der Waals surface area contributed by atoms with Gasteiger partial charge in [0.1, 0.15) is 17.9 Å². The first kappa shape index (κ1) is 32.5. The average Bonchev–Trinajstić information content (AvgIpc) is 3.01. The third-order valence-electron chi connectivity index (χ3n) is 8.31. The molecule has 44 heavy (non-hydrogen) atoms. The molecule has 2 aromatic carbocycles. The highest BCUT2D eigenvalue weighted by atomic mass is 35.5. The Morgan fingerprint density at radius 3 is 2.48 bits per heavy atom. The van der Waals surface area contributed by atoms with Crippen LogP contribution in [0.3, 0.4) is 0 Å². The summed E-state index contributed by atoms with van der Waals surface area (Å²) < 4.78 is 24.4. The summed E-state index contributed by atoms with van der Waals surface area (Å²) in [5.74, 6) is 1.64. The smallest absolute Gasteiger partial charge is 0.229 e. The molecule has 2 saturated heterocycles. The lowest BCUT2D eigenvalue weighted by atomic mass is 10.0. The van der Waals surface area contributed by atoms with Crippen molar-refractivity contribution in [2.45, 2.75) is 25.3 Å². The van der Waals surface area contributed by atoms with Crippen molar-refractivity contribution in [3.63, 3.8) is 0 Å². The van der Waals surface area contributed by atoms with E-state index in [1.807, 2.05) is 36.4 Å². The van der Waals surface area contributed by atoms with Crippen LogP contribution in [0.2, 0.25) is 5.02 Å². The maximum Gasteiger partial charge on any atom is 0.229 e. The first-order valence-electron chi connectivity index (χ1n) is 15.4. The van der Waals surface area contributed by atoms with Gasteiger partial charge in [-0.25, -0.2) is 4.98 Å². The Balaban J connectivity index is 1.31. The molecule has 0 saturated carbocycles. The molecule has 0 radical (unpaired) electrons. The first-order chi connectivity index (χ1) is 21.2. The van der Waals surface area contributed by atoms with E-state index in [4.69, 9.17) is 21.1 Å². The SMILES string of the molecule is COCCCOc1cc(Nc2ncc(Cl)c(Nc3ccccc3P(C)(C)=O)n2)ccc1N1CCC(N2CCN(C)CC2)CC1. The van der Waals surface area contributed by atoms with Crippen LogP contribution < -0.4 is 25.6 Å². The second-order valence-corrected chi connectivity index (χ2v) is 15.5. The van der Waals surface area contributed by atoms with Gasteiger partial charge >= 0.3 is 0 Å². The number of methoxy groups -OCH3 is 1. The van der Waals surface area contributed by atoms with Gasteiger partial charge in [0.25, 0.3) is 0 Å². The van der Waals surface area contributed by atoms with Crippen LogP contribution >= 0.6 is 18.7 Å². The summed E-state index contributed by atoms with van der Waals surface area (Å²) in [6.45, 7) is 11.3. The van der Waals surface area contributed by atoms with Crippen LogP contribution in [-0.4, -0.2) is 106 Å². The lowest BCUT2D eigenvalue weighted by molar-refractivity contribution is 0.0981. The number of nitrogens with one attached hydrogen (secondary N) is 2. The lowest BCUT2D eigenvalue weighted by Gasteiger charge is -2.42. The van der Waals surface area contributed by atoms with E-state index in [1.54, 1.807) is 26.6 Å². The van der Waals surface area contributed by atoms with E-state index >= 15 is 0 Å². The number of rotatable bonds is 12. The predicted molar refractivity (Wildman–Crippen MR) is 182 cm³/mol. The Morgan fingerprint density at radius 1 is 1.00 bits per heavy atom. The molecule has 10 nitrogen and oxygen atoms in total. The van der Waals surface area contributed by atoms with Gasteiger partial charge in [-0.2, -0.15) is 4.98 Å². The van der Waals surface area contributed by atoms with Gasteiger partial charge in [-0.1, -0.05) is 23.7 Å². The van der Waals surface area contributed by atoms with Crippen LogP contribution in [0.1, 0.15) is 19.3 Å². The minimum Gasteiger partial charge on any atom is -0.491 e. The van der Waals surface area contributed by atoms with E-state index in [0.717, 1.165) is 81.0 Å². The standard InChI is InChI=1S/C32H45ClN7O3P/c1-38-16-18-39(19-17-38)25-12-14-40(15-13-25)28-11-10-24(22-29(28)43-21-7-20-42-2)35-32-34-23-26(33)31(37-32)36-27-8-5-6-9-30(27)44(3,4)41/h5-6,8-11,22-23,25H,7,12-21H2,1-4H3,(H2,34,35,36,37). The second kappa shape index (κ2) is 14.9. The van der Waals surface area contributed by atoms with Gasteiger partial charge in [-0.15, -0.1) is 0 Å². The van der Waals surface area contributed by atoms with Gasteiger partial charge in [0.15, 0.2) is 5.82 Å². The molecule has 0 amide bonds. The maximum atomic E-state index is 12.9. The highest BCUT2D eigenvalue weighted by Crippen LogP contribution is 2.39. The lowest BCUT2D eigenvalue weighted by Crippen LogP contribution is -2.52. The number of para-hydroxylation sites is 1. The average molecular weight is 642 g/mol. The van der Waals surface area contributed by atoms with Gasteiger partial charge in [0.2, 0.25) is 5.95 Å². The zero-order valence-electron chi connectivity index (χ0n) is 26.3. The van der Waals surface area contributed by atoms with Gasteiger partial charge in [-0.3, -0.25) is 4.90 Å². The van der Waals surface area contributed by atoms with E-state index in [-0.39, 0.29) is 0 Å². The Morgan fingerprint density at radius 2 is 1.75 bits per heavy atom. The number of piperazine rings is 1. The molecule has 0 atom stereocenters. The third kappa shape index (κ3) is 8.43. The number of aromatic nitrogens is 2. The predicted octanol–water partition coefficient (Wildman–Crippen LogP) is 5.50. The fraction of sp³-hybridized carbons (Fsp3) is 0.500. The molecule has 0 aliphatic carbocycles. The molecule has 2 fully saturated rings. The molecule has 3 aromatic rings. The first-order valence-corrected chi connectivity index (χ1v) is 18.3. The highest BCUT2D eigenvalue weighted by Gasteiger charge is 2.28. The Kier molecular flexibility index (Phi) is 11.0. The van der Waals surface area contributed by atoms with Crippen molar-refractivity contribution in [1.82, 2.24) is 19.8 Å². The molecular formula is C32H45ClN7O3P. The Bertz CT molecular complexity index is 1440. The van der Waals surface area contributed by atoms with Crippen molar-refractivity contribution in [1.29, 1.82) is 0 Å². The number of halogens is 1. The molecule has 12 heteroatoms. The van der Waals surface area contributed by atoms with Gasteiger partial charge in [0, 0.05) is 82.5 Å². The molecule has 2 aliphatic heterocycles. The summed E-state index contributed by atoms with van der Waals surface area (Å²) >= 11 is 6.47. The van der Waals surface area contributed by atoms with Gasteiger partial charge < -0.3 is 34.5 Å². The fourth-order valence-electron chi connectivity index (χ4n) is 5.83. The quantitative estimate of drug-likeness (QED) is 0.195. The largest absolute Gasteiger partial charge is 0.491 e. The molecule has 2 aliphatic rings. The van der Waals surface area contributed by atoms with Crippen LogP contribution in [0.25, 0.3) is 0 Å². The Hall–Kier alpha value is -2.88. The minimum absolute atomic E-state index is 0.366. The van der Waals surface area contributed by atoms with Crippen molar-refractivity contribution in [2.24, 2.45) is 0 Å². The van der Waals surface area contributed by atoms with Crippen LogP contribution in [0.4, 0.5) is 28.8 Å². The van der Waals surface area contributed by atoms with Crippen molar-refractivity contribution >= 4 is 52.9 Å². The number of likely N-dealkylation sites (N-methyl/N-ethyl adjacent to an activating group) is 1. The van der Waals surface area contributed by atoms with E-state index < -0.39 is 7.14 Å². The molecule has 2 N–H and O–H groups in total. The van der Waals surface area contributed by atoms with Crippen LogP contribution in [-0.2, 0) is 9.30 Å².